The predicted octanol–water partition coefficient (Wildman–Crippen LogP) is 12.5. The molecule has 3 aliphatic heterocycles. The van der Waals surface area contributed by atoms with Crippen LogP contribution < -0.4 is 14.2 Å². The van der Waals surface area contributed by atoms with E-state index >= 15 is 0 Å². The van der Waals surface area contributed by atoms with Crippen LogP contribution in [-0.4, -0.2) is 167 Å². The number of aryl methyl sites for hydroxylation is 1. The van der Waals surface area contributed by atoms with Crippen molar-refractivity contribution in [1.82, 2.24) is 29.7 Å². The van der Waals surface area contributed by atoms with Crippen molar-refractivity contribution in [3.63, 3.8) is 0 Å². The van der Waals surface area contributed by atoms with Crippen molar-refractivity contribution in [2.75, 3.05) is 58.0 Å². The molecule has 3 saturated carbocycles. The lowest BCUT2D eigenvalue weighted by Crippen LogP contribution is -2.35. The van der Waals surface area contributed by atoms with Gasteiger partial charge in [0.25, 0.3) is 35.5 Å². The lowest BCUT2D eigenvalue weighted by Gasteiger charge is -2.25. The average molecular weight is 1520 g/mol. The van der Waals surface area contributed by atoms with Crippen LogP contribution in [0.3, 0.4) is 0 Å². The Morgan fingerprint density at radius 2 is 0.727 bits per heavy atom. The second kappa shape index (κ2) is 25.7. The summed E-state index contributed by atoms with van der Waals surface area (Å²) in [5.41, 5.74) is -0.477. The van der Waals surface area contributed by atoms with Crippen molar-refractivity contribution in [3.05, 3.63) is 120 Å². The summed E-state index contributed by atoms with van der Waals surface area (Å²) in [7, 11) is -11.0. The summed E-state index contributed by atoms with van der Waals surface area (Å²) >= 11 is 2.55. The molecule has 18 nitrogen and oxygen atoms in total. The largest absolute Gasteiger partial charge is 0.484 e. The van der Waals surface area contributed by atoms with E-state index in [2.05, 4.69) is 15.0 Å². The number of alkyl halides is 12. The van der Waals surface area contributed by atoms with E-state index in [1.165, 1.54) is 57.8 Å². The number of hydrogen-bond acceptors (Lipinski definition) is 18. The summed E-state index contributed by atoms with van der Waals surface area (Å²) in [4.78, 5) is 56.1. The van der Waals surface area contributed by atoms with E-state index in [1.807, 2.05) is 12.3 Å². The number of sulfone groups is 3. The standard InChI is InChI=1S/2C21H21F5N2O4S2.C21H24F2N2O4S2/c2*1-11(19(2,22)23)32-15-5-4-13(34(3,30)31)6-14(15)17(29)28-8-12-7-20(12,10-28)16-9-33-18(27-16)21(24,25)26;1-12(20(3,22)23)29-17-6-5-15(31(4,27)28)7-16(17)19(26)25-9-14-8-21(14,11-25)18-10-30-13(2)24-18/h2*4-6,9,11-12H,7-8,10H2,1-3H3;5-7,10,12,14H,8-9,11H2,1-4H3/t2*11-,12?,20?;12-,14?,21?/m100/s1. The van der Waals surface area contributed by atoms with E-state index in [0.29, 0.717) is 68.4 Å². The number of rotatable bonds is 18. The quantitative estimate of drug-likeness (QED) is 0.0729. The van der Waals surface area contributed by atoms with Gasteiger partial charge in [-0.15, -0.1) is 34.0 Å². The summed E-state index contributed by atoms with van der Waals surface area (Å²) in [6.45, 7) is 9.03. The monoisotopic (exact) mass is 1520 g/mol. The lowest BCUT2D eigenvalue weighted by atomic mass is 10.0. The second-order valence-corrected chi connectivity index (χ2v) is 35.3. The van der Waals surface area contributed by atoms with Gasteiger partial charge in [0.05, 0.1) is 53.5 Å². The van der Waals surface area contributed by atoms with Crippen LogP contribution in [0.2, 0.25) is 0 Å². The first-order valence-electron chi connectivity index (χ1n) is 30.4. The molecule has 6 aliphatic rings. The third-order valence-corrected chi connectivity index (χ3v) is 24.7. The molecule has 3 aliphatic carbocycles. The van der Waals surface area contributed by atoms with E-state index < -0.39 is 117 Å². The van der Waals surface area contributed by atoms with Crippen LogP contribution in [0.4, 0.5) is 52.7 Å². The van der Waals surface area contributed by atoms with Crippen molar-refractivity contribution in [2.45, 2.75) is 147 Å². The molecule has 6 aromatic rings. The molecule has 3 saturated heterocycles. The molecule has 0 spiro atoms. The molecule has 3 aromatic carbocycles. The number of fused-ring (bicyclic) bond motifs is 3. The van der Waals surface area contributed by atoms with Crippen LogP contribution in [0, 0.1) is 24.7 Å². The number of hydrogen-bond donors (Lipinski definition) is 0. The number of halogens is 12. The molecule has 0 radical (unpaired) electrons. The molecular weight excluding hydrogens is 1450 g/mol. The average Bonchev–Trinajstić information content (AvgIpc) is 1.55. The van der Waals surface area contributed by atoms with Crippen molar-refractivity contribution < 1.29 is 107 Å². The van der Waals surface area contributed by atoms with Gasteiger partial charge >= 0.3 is 12.4 Å². The highest BCUT2D eigenvalue weighted by Crippen LogP contribution is 2.62. The zero-order chi connectivity index (χ0) is 73.3. The molecule has 3 aromatic heterocycles. The minimum absolute atomic E-state index is 0.0232. The zero-order valence-electron chi connectivity index (χ0n) is 54.3. The third kappa shape index (κ3) is 15.7. The number of likely N-dealkylation sites (tertiary alicyclic amines) is 3. The van der Waals surface area contributed by atoms with E-state index in [-0.39, 0.29) is 103 Å². The summed E-state index contributed by atoms with van der Waals surface area (Å²) < 4.78 is 248. The Labute approximate surface area is 573 Å². The maximum Gasteiger partial charge on any atom is 0.443 e. The maximum absolute atomic E-state index is 13.7. The first kappa shape index (κ1) is 75.0. The molecular formula is C63H66F12N6O12S6. The molecule has 12 rings (SSSR count). The molecule has 36 heteroatoms. The van der Waals surface area contributed by atoms with Gasteiger partial charge in [-0.25, -0.2) is 66.5 Å². The van der Waals surface area contributed by atoms with Crippen molar-refractivity contribution in [1.29, 1.82) is 0 Å². The molecule has 9 atom stereocenters. The number of nitrogens with zero attached hydrogens (tertiary/aromatic N) is 6. The summed E-state index contributed by atoms with van der Waals surface area (Å²) in [6, 6.07) is 10.6. The molecule has 3 amide bonds. The number of carbonyl (C=O) groups excluding carboxylic acids is 3. The highest BCUT2D eigenvalue weighted by Gasteiger charge is 2.66. The van der Waals surface area contributed by atoms with Crippen molar-refractivity contribution >= 4 is 81.2 Å². The first-order chi connectivity index (χ1) is 45.4. The first-order valence-corrected chi connectivity index (χ1v) is 38.7. The third-order valence-electron chi connectivity index (χ3n) is 18.8. The van der Waals surface area contributed by atoms with Crippen LogP contribution in [-0.2, 0) is 58.1 Å². The number of amides is 3. The fourth-order valence-corrected chi connectivity index (χ4v) is 16.6. The van der Waals surface area contributed by atoms with Gasteiger partial charge in [-0.3, -0.25) is 14.4 Å². The molecule has 0 N–H and O–H groups in total. The molecule has 6 fully saturated rings. The van der Waals surface area contributed by atoms with Gasteiger partial charge in [0.2, 0.25) is 0 Å². The SMILES string of the molecule is C[C@@H](Oc1ccc(S(C)(=O)=O)cc1C(=O)N1CC2CC2(c2csc(C(F)(F)F)n2)C1)C(C)(F)F.C[C@H](Oc1ccc(S(C)(=O)=O)cc1C(=O)N1CC2CC2(c2csc(C(F)(F)F)n2)C1)C(C)(F)F.Cc1nc(C23CC2CN(C(=O)c2cc(S(C)(=O)=O)ccc2O[C@@H](C)C(C)(F)F)C3)cs1. The van der Waals surface area contributed by atoms with E-state index in [1.54, 1.807) is 16.2 Å². The van der Waals surface area contributed by atoms with Crippen LogP contribution in [0.1, 0.15) is 124 Å². The van der Waals surface area contributed by atoms with Gasteiger partial charge in [0, 0.05) is 111 Å². The van der Waals surface area contributed by atoms with Gasteiger partial charge in [-0.1, -0.05) is 0 Å². The summed E-state index contributed by atoms with van der Waals surface area (Å²) in [5.74, 6) is -11.7. The second-order valence-electron chi connectivity index (χ2n) is 26.5. The normalized spacial score (nSPS) is 23.7. The molecule has 99 heavy (non-hydrogen) atoms. The number of ether oxygens (including phenoxy) is 3. The highest BCUT2D eigenvalue weighted by atomic mass is 32.2. The lowest BCUT2D eigenvalue weighted by molar-refractivity contribution is -0.138. The minimum atomic E-state index is -4.56. The number of carbonyl (C=O) groups is 3. The van der Waals surface area contributed by atoms with Gasteiger partial charge in [0.15, 0.2) is 57.8 Å². The Balaban J connectivity index is 0.000000161. The van der Waals surface area contributed by atoms with E-state index in [9.17, 15) is 92.3 Å². The van der Waals surface area contributed by atoms with Gasteiger partial charge in [0.1, 0.15) is 17.2 Å². The number of aromatic nitrogens is 3. The van der Waals surface area contributed by atoms with Crippen molar-refractivity contribution in [2.24, 2.45) is 17.8 Å². The zero-order valence-corrected chi connectivity index (χ0v) is 59.2. The number of piperidine rings is 3. The van der Waals surface area contributed by atoms with Gasteiger partial charge in [-0.2, -0.15) is 26.3 Å². The van der Waals surface area contributed by atoms with E-state index in [4.69, 9.17) is 14.2 Å². The van der Waals surface area contributed by atoms with Crippen LogP contribution in [0.15, 0.2) is 85.4 Å². The number of benzene rings is 3. The fourth-order valence-electron chi connectivity index (χ4n) is 12.4. The molecule has 6 unspecified atom stereocenters. The van der Waals surface area contributed by atoms with Crippen LogP contribution in [0.25, 0.3) is 0 Å². The van der Waals surface area contributed by atoms with Crippen LogP contribution >= 0.6 is 34.0 Å². The molecule has 540 valence electrons. The van der Waals surface area contributed by atoms with Crippen LogP contribution in [0.5, 0.6) is 17.2 Å². The van der Waals surface area contributed by atoms with Crippen molar-refractivity contribution in [3.8, 4) is 17.2 Å². The van der Waals surface area contributed by atoms with E-state index in [0.717, 1.165) is 80.9 Å². The topological polar surface area (TPSA) is 230 Å². The van der Waals surface area contributed by atoms with Gasteiger partial charge < -0.3 is 28.9 Å². The Morgan fingerprint density at radius 1 is 0.465 bits per heavy atom. The molecule has 0 bridgehead atoms. The number of thiazole rings is 3. The Bertz CT molecular complexity index is 4320. The summed E-state index contributed by atoms with van der Waals surface area (Å²) in [6.07, 6.45) is -8.79. The maximum atomic E-state index is 13.7. The Kier molecular flexibility index (Phi) is 19.5. The Hall–Kier alpha value is -6.63. The fraction of sp³-hybridized carbons (Fsp3) is 0.524. The Morgan fingerprint density at radius 3 is 0.949 bits per heavy atom. The highest BCUT2D eigenvalue weighted by molar-refractivity contribution is 7.91. The van der Waals surface area contributed by atoms with Gasteiger partial charge in [-0.05, 0) is 119 Å². The summed E-state index contributed by atoms with van der Waals surface area (Å²) in [5, 5.41) is 3.76. The molecule has 6 heterocycles. The predicted molar refractivity (Wildman–Crippen MR) is 339 cm³/mol. The minimum Gasteiger partial charge on any atom is -0.484 e. The smallest absolute Gasteiger partial charge is 0.443 e.